The summed E-state index contributed by atoms with van der Waals surface area (Å²) in [6.45, 7) is 5.45. The fraction of sp³-hybridized carbons (Fsp3) is 0.433. The SMILES string of the molecule is Cc1cc2c(cc1C(=O)N1C[C@H]3CC[C@@H](C1)N3Cc1ccc(F)cc1)[nH]c(=O)c1cnc(C3CCOCC3)n12. The van der Waals surface area contributed by atoms with E-state index in [1.54, 1.807) is 6.20 Å². The molecule has 5 heterocycles. The number of benzene rings is 2. The minimum atomic E-state index is -0.224. The van der Waals surface area contributed by atoms with Crippen LogP contribution in [0.25, 0.3) is 16.6 Å². The number of piperazine rings is 1. The first-order chi connectivity index (χ1) is 19.0. The lowest BCUT2D eigenvalue weighted by atomic mass is 9.99. The molecule has 3 saturated heterocycles. The standard InChI is InChI=1S/C30H32FN5O3/c1-18-12-26-25(33-29(37)27-14-32-28(36(26)27)20-8-10-39-11-9-20)13-24(18)30(38)34-16-22-6-7-23(17-34)35(22)15-19-2-4-21(31)5-3-19/h2-5,12-14,20,22-23H,6-11,15-17H2,1H3,(H,33,37)/t22-,23+. The highest BCUT2D eigenvalue weighted by molar-refractivity contribution is 5.99. The summed E-state index contributed by atoms with van der Waals surface area (Å²) >= 11 is 0. The number of aromatic amines is 1. The number of imidazole rings is 1. The summed E-state index contributed by atoms with van der Waals surface area (Å²) in [5.41, 5.74) is 4.42. The van der Waals surface area contributed by atoms with Gasteiger partial charge in [0.25, 0.3) is 11.5 Å². The van der Waals surface area contributed by atoms with Gasteiger partial charge in [0, 0.05) is 56.4 Å². The third kappa shape index (κ3) is 4.24. The Labute approximate surface area is 225 Å². The topological polar surface area (TPSA) is 82.9 Å². The van der Waals surface area contributed by atoms with Crippen LogP contribution in [0, 0.1) is 12.7 Å². The molecule has 9 heteroatoms. The molecule has 4 aromatic rings. The molecule has 2 aromatic heterocycles. The van der Waals surface area contributed by atoms with Gasteiger partial charge in [-0.1, -0.05) is 12.1 Å². The van der Waals surface area contributed by atoms with Gasteiger partial charge in [0.2, 0.25) is 0 Å². The molecule has 0 radical (unpaired) electrons. The highest BCUT2D eigenvalue weighted by atomic mass is 19.1. The lowest BCUT2D eigenvalue weighted by Gasteiger charge is -2.41. The highest BCUT2D eigenvalue weighted by Gasteiger charge is 2.41. The zero-order valence-corrected chi connectivity index (χ0v) is 22.0. The molecule has 3 aliphatic rings. The number of H-pyrrole nitrogens is 1. The number of ether oxygens (including phenoxy) is 1. The van der Waals surface area contributed by atoms with E-state index in [4.69, 9.17) is 4.74 Å². The predicted octanol–water partition coefficient (Wildman–Crippen LogP) is 4.01. The number of nitrogens with zero attached hydrogens (tertiary/aromatic N) is 4. The second-order valence-corrected chi connectivity index (χ2v) is 11.3. The Morgan fingerprint density at radius 1 is 1.05 bits per heavy atom. The van der Waals surface area contributed by atoms with Gasteiger partial charge in [0.1, 0.15) is 17.2 Å². The average molecular weight is 530 g/mol. The van der Waals surface area contributed by atoms with Gasteiger partial charge < -0.3 is 14.6 Å². The molecular formula is C30H32FN5O3. The van der Waals surface area contributed by atoms with Crippen molar-refractivity contribution < 1.29 is 13.9 Å². The number of nitrogens with one attached hydrogen (secondary N) is 1. The Morgan fingerprint density at radius 2 is 1.77 bits per heavy atom. The van der Waals surface area contributed by atoms with E-state index >= 15 is 0 Å². The van der Waals surface area contributed by atoms with E-state index in [0.717, 1.165) is 54.7 Å². The number of carbonyl (C=O) groups is 1. The minimum Gasteiger partial charge on any atom is -0.381 e. The van der Waals surface area contributed by atoms with Crippen LogP contribution in [0.2, 0.25) is 0 Å². The summed E-state index contributed by atoms with van der Waals surface area (Å²) < 4.78 is 20.9. The summed E-state index contributed by atoms with van der Waals surface area (Å²) in [7, 11) is 0. The van der Waals surface area contributed by atoms with E-state index in [2.05, 4.69) is 14.9 Å². The predicted molar refractivity (Wildman–Crippen MR) is 146 cm³/mol. The Morgan fingerprint density at radius 3 is 2.49 bits per heavy atom. The molecule has 3 aliphatic heterocycles. The largest absolute Gasteiger partial charge is 0.381 e. The fourth-order valence-corrected chi connectivity index (χ4v) is 6.80. The van der Waals surface area contributed by atoms with Gasteiger partial charge in [-0.25, -0.2) is 9.37 Å². The van der Waals surface area contributed by atoms with Gasteiger partial charge in [0.15, 0.2) is 0 Å². The van der Waals surface area contributed by atoms with Crippen molar-refractivity contribution in [1.29, 1.82) is 0 Å². The van der Waals surface area contributed by atoms with Crippen LogP contribution in [0.1, 0.15) is 58.9 Å². The Hall–Kier alpha value is -3.56. The summed E-state index contributed by atoms with van der Waals surface area (Å²) in [6, 6.07) is 11.1. The van der Waals surface area contributed by atoms with Crippen LogP contribution in [0.15, 0.2) is 47.4 Å². The number of aromatic nitrogens is 3. The molecule has 0 spiro atoms. The van der Waals surface area contributed by atoms with Crippen LogP contribution in [0.4, 0.5) is 4.39 Å². The lowest BCUT2D eigenvalue weighted by Crippen LogP contribution is -2.54. The molecular weight excluding hydrogens is 497 g/mol. The smallest absolute Gasteiger partial charge is 0.274 e. The maximum absolute atomic E-state index is 13.8. The second kappa shape index (κ2) is 9.57. The van der Waals surface area contributed by atoms with E-state index in [1.165, 1.54) is 12.1 Å². The van der Waals surface area contributed by atoms with Crippen LogP contribution in [0.3, 0.4) is 0 Å². The minimum absolute atomic E-state index is 0.00367. The van der Waals surface area contributed by atoms with Gasteiger partial charge in [-0.3, -0.25) is 18.9 Å². The summed E-state index contributed by atoms with van der Waals surface area (Å²) in [4.78, 5) is 38.9. The van der Waals surface area contributed by atoms with E-state index in [-0.39, 0.29) is 35.3 Å². The zero-order chi connectivity index (χ0) is 26.7. The molecule has 39 heavy (non-hydrogen) atoms. The van der Waals surface area contributed by atoms with Gasteiger partial charge in [0.05, 0.1) is 17.2 Å². The third-order valence-corrected chi connectivity index (χ3v) is 8.87. The summed E-state index contributed by atoms with van der Waals surface area (Å²) in [6.07, 6.45) is 5.50. The Balaban J connectivity index is 1.18. The molecule has 7 rings (SSSR count). The number of rotatable bonds is 4. The van der Waals surface area contributed by atoms with E-state index in [9.17, 15) is 14.0 Å². The van der Waals surface area contributed by atoms with Crippen LogP contribution >= 0.6 is 0 Å². The number of hydrogen-bond acceptors (Lipinski definition) is 5. The number of halogens is 1. The van der Waals surface area contributed by atoms with Gasteiger partial charge in [-0.15, -0.1) is 0 Å². The van der Waals surface area contributed by atoms with Crippen molar-refractivity contribution in [2.75, 3.05) is 26.3 Å². The maximum atomic E-state index is 13.8. The van der Waals surface area contributed by atoms with Gasteiger partial charge in [-0.05, 0) is 68.0 Å². The zero-order valence-electron chi connectivity index (χ0n) is 22.0. The molecule has 2 bridgehead atoms. The Kier molecular flexibility index (Phi) is 6.01. The first-order valence-corrected chi connectivity index (χ1v) is 13.9. The normalized spacial score (nSPS) is 22.3. The number of fused-ring (bicyclic) bond motifs is 5. The van der Waals surface area contributed by atoms with E-state index < -0.39 is 0 Å². The molecule has 1 N–H and O–H groups in total. The quantitative estimate of drug-likeness (QED) is 0.432. The first kappa shape index (κ1) is 24.5. The van der Waals surface area contributed by atoms with Crippen LogP contribution < -0.4 is 5.56 Å². The molecule has 0 aliphatic carbocycles. The van der Waals surface area contributed by atoms with Crippen molar-refractivity contribution in [1.82, 2.24) is 24.2 Å². The van der Waals surface area contributed by atoms with Crippen molar-refractivity contribution in [3.63, 3.8) is 0 Å². The highest BCUT2D eigenvalue weighted by Crippen LogP contribution is 2.33. The number of amides is 1. The summed E-state index contributed by atoms with van der Waals surface area (Å²) in [5, 5.41) is 0. The molecule has 1 amide bonds. The molecule has 0 saturated carbocycles. The van der Waals surface area contributed by atoms with Crippen molar-refractivity contribution in [3.05, 3.63) is 81.3 Å². The maximum Gasteiger partial charge on any atom is 0.274 e. The van der Waals surface area contributed by atoms with Crippen molar-refractivity contribution >= 4 is 22.5 Å². The molecule has 8 nitrogen and oxygen atoms in total. The fourth-order valence-electron chi connectivity index (χ4n) is 6.80. The van der Waals surface area contributed by atoms with Gasteiger partial charge in [-0.2, -0.15) is 0 Å². The number of hydrogen-bond donors (Lipinski definition) is 1. The number of likely N-dealkylation sites (tertiary alicyclic amines) is 1. The lowest BCUT2D eigenvalue weighted by molar-refractivity contribution is 0.0423. The molecule has 3 fully saturated rings. The first-order valence-electron chi connectivity index (χ1n) is 13.9. The molecule has 2 atom stereocenters. The van der Waals surface area contributed by atoms with Crippen LogP contribution in [-0.2, 0) is 11.3 Å². The third-order valence-electron chi connectivity index (χ3n) is 8.87. The Bertz CT molecular complexity index is 1610. The number of carbonyl (C=O) groups excluding carboxylic acids is 1. The van der Waals surface area contributed by atoms with Crippen molar-refractivity contribution in [3.8, 4) is 0 Å². The average Bonchev–Trinajstić information content (AvgIpc) is 3.48. The van der Waals surface area contributed by atoms with E-state index in [1.807, 2.05) is 40.5 Å². The second-order valence-electron chi connectivity index (χ2n) is 11.3. The van der Waals surface area contributed by atoms with E-state index in [0.29, 0.717) is 42.9 Å². The van der Waals surface area contributed by atoms with Crippen molar-refractivity contribution in [2.24, 2.45) is 0 Å². The summed E-state index contributed by atoms with van der Waals surface area (Å²) in [5.74, 6) is 0.896. The van der Waals surface area contributed by atoms with Crippen LogP contribution in [-0.4, -0.2) is 68.5 Å². The molecule has 2 aromatic carbocycles. The van der Waals surface area contributed by atoms with Crippen molar-refractivity contribution in [2.45, 2.75) is 57.2 Å². The van der Waals surface area contributed by atoms with Crippen LogP contribution in [0.5, 0.6) is 0 Å². The molecule has 202 valence electrons. The number of aryl methyl sites for hydroxylation is 1. The molecule has 0 unspecified atom stereocenters. The monoisotopic (exact) mass is 529 g/mol. The van der Waals surface area contributed by atoms with Gasteiger partial charge >= 0.3 is 0 Å².